The number of hydrogen-bond donors (Lipinski definition) is 2. The molecule has 0 aliphatic carbocycles. The van der Waals surface area contributed by atoms with E-state index in [1.165, 1.54) is 0 Å². The first kappa shape index (κ1) is 21.0. The highest BCUT2D eigenvalue weighted by atomic mass is 127. The van der Waals surface area contributed by atoms with Gasteiger partial charge in [0.1, 0.15) is 11.7 Å². The second kappa shape index (κ2) is 8.59. The standard InChI is InChI=1S/C20H23ClINO3/c1-12-5-6-14(11-16(12)21)17(23-19(25)26-20(2,3)4)18(24)13-7-9-15(22)10-8-13/h5-11,17-18,24H,1-4H3,(H,23,25). The van der Waals surface area contributed by atoms with Crippen LogP contribution in [0.1, 0.15) is 49.6 Å². The van der Waals surface area contributed by atoms with Gasteiger partial charge in [-0.2, -0.15) is 0 Å². The Morgan fingerprint density at radius 1 is 1.15 bits per heavy atom. The smallest absolute Gasteiger partial charge is 0.408 e. The molecule has 0 heterocycles. The predicted molar refractivity (Wildman–Crippen MR) is 112 cm³/mol. The van der Waals surface area contributed by atoms with E-state index in [-0.39, 0.29) is 0 Å². The van der Waals surface area contributed by atoms with Crippen molar-refractivity contribution in [3.05, 3.63) is 67.7 Å². The summed E-state index contributed by atoms with van der Waals surface area (Å²) >= 11 is 8.45. The Bertz CT molecular complexity index is 772. The molecule has 26 heavy (non-hydrogen) atoms. The number of hydrogen-bond acceptors (Lipinski definition) is 3. The van der Waals surface area contributed by atoms with Gasteiger partial charge in [0.2, 0.25) is 0 Å². The number of nitrogens with one attached hydrogen (secondary N) is 1. The van der Waals surface area contributed by atoms with E-state index in [9.17, 15) is 9.90 Å². The molecule has 1 amide bonds. The van der Waals surface area contributed by atoms with Crippen LogP contribution in [0.5, 0.6) is 0 Å². The summed E-state index contributed by atoms with van der Waals surface area (Å²) in [5.41, 5.74) is 1.70. The van der Waals surface area contributed by atoms with Crippen LogP contribution in [0, 0.1) is 10.5 Å². The van der Waals surface area contributed by atoms with Crippen LogP contribution in [0.25, 0.3) is 0 Å². The maximum Gasteiger partial charge on any atom is 0.408 e. The molecule has 2 rings (SSSR count). The SMILES string of the molecule is Cc1ccc(C(NC(=O)OC(C)(C)C)C(O)c2ccc(I)cc2)cc1Cl. The quantitative estimate of drug-likeness (QED) is 0.556. The van der Waals surface area contributed by atoms with Gasteiger partial charge in [0.05, 0.1) is 6.04 Å². The molecule has 4 nitrogen and oxygen atoms in total. The summed E-state index contributed by atoms with van der Waals surface area (Å²) in [6.07, 6.45) is -1.54. The lowest BCUT2D eigenvalue weighted by Crippen LogP contribution is -2.37. The average Bonchev–Trinajstić information content (AvgIpc) is 2.54. The first-order valence-corrected chi connectivity index (χ1v) is 9.71. The third-order valence-electron chi connectivity index (χ3n) is 3.75. The van der Waals surface area contributed by atoms with Gasteiger partial charge in [0.15, 0.2) is 0 Å². The third kappa shape index (κ3) is 5.86. The summed E-state index contributed by atoms with van der Waals surface area (Å²) < 4.78 is 6.42. The summed E-state index contributed by atoms with van der Waals surface area (Å²) in [7, 11) is 0. The summed E-state index contributed by atoms with van der Waals surface area (Å²) in [6.45, 7) is 7.28. The Kier molecular flexibility index (Phi) is 6.93. The van der Waals surface area contributed by atoms with E-state index in [4.69, 9.17) is 16.3 Å². The summed E-state index contributed by atoms with van der Waals surface area (Å²) in [5.74, 6) is 0. The number of aliphatic hydroxyl groups is 1. The van der Waals surface area contributed by atoms with Crippen molar-refractivity contribution >= 4 is 40.3 Å². The van der Waals surface area contributed by atoms with Crippen molar-refractivity contribution in [1.29, 1.82) is 0 Å². The topological polar surface area (TPSA) is 58.6 Å². The van der Waals surface area contributed by atoms with Crippen molar-refractivity contribution in [2.75, 3.05) is 0 Å². The number of aliphatic hydroxyl groups excluding tert-OH is 1. The fourth-order valence-electron chi connectivity index (χ4n) is 2.43. The van der Waals surface area contributed by atoms with Gasteiger partial charge in [-0.3, -0.25) is 0 Å². The number of carbonyl (C=O) groups is 1. The van der Waals surface area contributed by atoms with Gasteiger partial charge in [0.25, 0.3) is 0 Å². The zero-order valence-corrected chi connectivity index (χ0v) is 18.1. The molecule has 140 valence electrons. The molecule has 0 saturated heterocycles. The number of rotatable bonds is 4. The minimum atomic E-state index is -0.946. The van der Waals surface area contributed by atoms with Gasteiger partial charge in [-0.1, -0.05) is 35.9 Å². The van der Waals surface area contributed by atoms with Crippen molar-refractivity contribution in [2.45, 2.75) is 45.4 Å². The zero-order valence-electron chi connectivity index (χ0n) is 15.2. The first-order valence-electron chi connectivity index (χ1n) is 8.26. The van der Waals surface area contributed by atoms with Gasteiger partial charge in [-0.15, -0.1) is 0 Å². The Hall–Kier alpha value is -1.31. The number of carbonyl (C=O) groups excluding carboxylic acids is 1. The molecule has 2 atom stereocenters. The Balaban J connectivity index is 2.35. The van der Waals surface area contributed by atoms with Crippen molar-refractivity contribution in [1.82, 2.24) is 5.32 Å². The van der Waals surface area contributed by atoms with Gasteiger partial charge >= 0.3 is 6.09 Å². The van der Waals surface area contributed by atoms with E-state index < -0.39 is 23.8 Å². The van der Waals surface area contributed by atoms with Gasteiger partial charge in [-0.05, 0) is 85.2 Å². The third-order valence-corrected chi connectivity index (χ3v) is 4.88. The Morgan fingerprint density at radius 3 is 2.27 bits per heavy atom. The molecule has 0 bridgehead atoms. The number of ether oxygens (including phenoxy) is 1. The predicted octanol–water partition coefficient (Wildman–Crippen LogP) is 5.55. The highest BCUT2D eigenvalue weighted by molar-refractivity contribution is 14.1. The van der Waals surface area contributed by atoms with E-state index in [2.05, 4.69) is 27.9 Å². The summed E-state index contributed by atoms with van der Waals surface area (Å²) in [5, 5.41) is 14.3. The number of aryl methyl sites for hydroxylation is 1. The van der Waals surface area contributed by atoms with Crippen molar-refractivity contribution in [3.63, 3.8) is 0 Å². The van der Waals surface area contributed by atoms with Crippen LogP contribution in [0.15, 0.2) is 42.5 Å². The zero-order chi connectivity index (χ0) is 19.5. The number of benzene rings is 2. The highest BCUT2D eigenvalue weighted by Crippen LogP contribution is 2.32. The van der Waals surface area contributed by atoms with Gasteiger partial charge < -0.3 is 15.2 Å². The number of halogens is 2. The minimum absolute atomic E-state index is 0.577. The second-order valence-corrected chi connectivity index (χ2v) is 8.78. The van der Waals surface area contributed by atoms with Crippen LogP contribution in [-0.2, 0) is 4.74 Å². The monoisotopic (exact) mass is 487 g/mol. The van der Waals surface area contributed by atoms with Crippen LogP contribution >= 0.6 is 34.2 Å². The molecular weight excluding hydrogens is 465 g/mol. The molecule has 0 saturated carbocycles. The van der Waals surface area contributed by atoms with Crippen LogP contribution in [0.3, 0.4) is 0 Å². The molecule has 0 aromatic heterocycles. The van der Waals surface area contributed by atoms with Crippen LogP contribution in [-0.4, -0.2) is 16.8 Å². The minimum Gasteiger partial charge on any atom is -0.444 e. The largest absolute Gasteiger partial charge is 0.444 e. The van der Waals surface area contributed by atoms with E-state index in [1.54, 1.807) is 26.8 Å². The Morgan fingerprint density at radius 2 is 1.73 bits per heavy atom. The lowest BCUT2D eigenvalue weighted by Gasteiger charge is -2.27. The molecule has 0 aliphatic heterocycles. The lowest BCUT2D eigenvalue weighted by molar-refractivity contribution is 0.0419. The molecule has 2 N–H and O–H groups in total. The second-order valence-electron chi connectivity index (χ2n) is 7.13. The number of alkyl carbamates (subject to hydrolysis) is 1. The highest BCUT2D eigenvalue weighted by Gasteiger charge is 2.27. The van der Waals surface area contributed by atoms with E-state index in [0.717, 1.165) is 9.13 Å². The van der Waals surface area contributed by atoms with E-state index in [1.807, 2.05) is 43.3 Å². The maximum atomic E-state index is 12.3. The number of amides is 1. The molecule has 2 aromatic rings. The van der Waals surface area contributed by atoms with Crippen molar-refractivity contribution in [2.24, 2.45) is 0 Å². The molecule has 6 heteroatoms. The van der Waals surface area contributed by atoms with Crippen LogP contribution < -0.4 is 5.32 Å². The Labute approximate surface area is 173 Å². The molecule has 0 aliphatic rings. The van der Waals surface area contributed by atoms with E-state index in [0.29, 0.717) is 16.1 Å². The van der Waals surface area contributed by atoms with Gasteiger partial charge in [-0.25, -0.2) is 4.79 Å². The first-order chi connectivity index (χ1) is 12.1. The summed E-state index contributed by atoms with van der Waals surface area (Å²) in [6, 6.07) is 12.3. The molecule has 2 aromatic carbocycles. The maximum absolute atomic E-state index is 12.3. The molecule has 0 spiro atoms. The van der Waals surface area contributed by atoms with Gasteiger partial charge in [0, 0.05) is 8.59 Å². The fraction of sp³-hybridized carbons (Fsp3) is 0.350. The van der Waals surface area contributed by atoms with Crippen molar-refractivity contribution in [3.8, 4) is 0 Å². The van der Waals surface area contributed by atoms with E-state index >= 15 is 0 Å². The average molecular weight is 488 g/mol. The fourth-order valence-corrected chi connectivity index (χ4v) is 2.98. The molecule has 2 unspecified atom stereocenters. The lowest BCUT2D eigenvalue weighted by atomic mass is 9.95. The molecular formula is C20H23ClINO3. The van der Waals surface area contributed by atoms with Crippen LogP contribution in [0.2, 0.25) is 5.02 Å². The summed E-state index contributed by atoms with van der Waals surface area (Å²) in [4.78, 5) is 12.3. The molecule has 0 radical (unpaired) electrons. The molecule has 0 fully saturated rings. The van der Waals surface area contributed by atoms with Crippen LogP contribution in [0.4, 0.5) is 4.79 Å². The van der Waals surface area contributed by atoms with Crippen molar-refractivity contribution < 1.29 is 14.6 Å². The normalized spacial score (nSPS) is 13.8.